The van der Waals surface area contributed by atoms with Crippen LogP contribution in [0.4, 0.5) is 0 Å². The summed E-state index contributed by atoms with van der Waals surface area (Å²) in [6, 6.07) is 16.7. The molecule has 0 aromatic heterocycles. The lowest BCUT2D eigenvalue weighted by atomic mass is 10.2. The molecule has 24 heavy (non-hydrogen) atoms. The zero-order chi connectivity index (χ0) is 17.2. The summed E-state index contributed by atoms with van der Waals surface area (Å²) in [7, 11) is 0. The van der Waals surface area contributed by atoms with Gasteiger partial charge in [-0.2, -0.15) is 0 Å². The van der Waals surface area contributed by atoms with Crippen LogP contribution in [0, 0.1) is 0 Å². The van der Waals surface area contributed by atoms with Gasteiger partial charge in [0.2, 0.25) is 5.91 Å². The van der Waals surface area contributed by atoms with Crippen molar-refractivity contribution in [3.05, 3.63) is 65.7 Å². The molecule has 6 heteroatoms. The molecule has 0 saturated carbocycles. The largest absolute Gasteiger partial charge is 0.489 e. The molecule has 0 saturated heterocycles. The molecule has 2 aromatic carbocycles. The van der Waals surface area contributed by atoms with Gasteiger partial charge in [-0.25, -0.2) is 5.48 Å². The Morgan fingerprint density at radius 2 is 1.71 bits per heavy atom. The maximum atomic E-state index is 11.9. The Morgan fingerprint density at radius 3 is 2.38 bits per heavy atom. The third-order valence-corrected chi connectivity index (χ3v) is 3.36. The van der Waals surface area contributed by atoms with Gasteiger partial charge in [-0.15, -0.1) is 0 Å². The van der Waals surface area contributed by atoms with Crippen molar-refractivity contribution >= 4 is 11.8 Å². The fourth-order valence-electron chi connectivity index (χ4n) is 2.05. The molecule has 0 aliphatic rings. The molecule has 3 N–H and O–H groups in total. The Labute approximate surface area is 140 Å². The molecular formula is C18H20N2O4. The van der Waals surface area contributed by atoms with Crippen LogP contribution in [0.25, 0.3) is 0 Å². The van der Waals surface area contributed by atoms with Crippen LogP contribution in [-0.4, -0.2) is 23.6 Å². The van der Waals surface area contributed by atoms with Gasteiger partial charge in [0.05, 0.1) is 0 Å². The van der Waals surface area contributed by atoms with Crippen LogP contribution in [-0.2, 0) is 11.4 Å². The van der Waals surface area contributed by atoms with Crippen molar-refractivity contribution in [3.8, 4) is 5.75 Å². The SMILES string of the molecule is O=C(CCCNC(=O)c1ccc(OCc2ccccc2)cc1)NO. The molecule has 0 bridgehead atoms. The number of benzene rings is 2. The molecule has 126 valence electrons. The molecule has 2 rings (SSSR count). The van der Waals surface area contributed by atoms with Gasteiger partial charge >= 0.3 is 0 Å². The highest BCUT2D eigenvalue weighted by atomic mass is 16.5. The van der Waals surface area contributed by atoms with Crippen molar-refractivity contribution in [2.24, 2.45) is 0 Å². The molecule has 0 heterocycles. The molecule has 0 atom stereocenters. The number of rotatable bonds is 8. The minimum atomic E-state index is -0.468. The van der Waals surface area contributed by atoms with Crippen molar-refractivity contribution in [2.45, 2.75) is 19.4 Å². The first-order valence-corrected chi connectivity index (χ1v) is 7.67. The Morgan fingerprint density at radius 1 is 1.00 bits per heavy atom. The zero-order valence-corrected chi connectivity index (χ0v) is 13.2. The van der Waals surface area contributed by atoms with E-state index in [1.807, 2.05) is 30.3 Å². The summed E-state index contributed by atoms with van der Waals surface area (Å²) in [6.07, 6.45) is 0.611. The number of ether oxygens (including phenoxy) is 1. The number of hydroxylamine groups is 1. The van der Waals surface area contributed by atoms with Crippen LogP contribution in [0.2, 0.25) is 0 Å². The number of carbonyl (C=O) groups is 2. The second kappa shape index (κ2) is 9.32. The van der Waals surface area contributed by atoms with E-state index in [9.17, 15) is 9.59 Å². The monoisotopic (exact) mass is 328 g/mol. The smallest absolute Gasteiger partial charge is 0.251 e. The molecule has 0 unspecified atom stereocenters. The standard InChI is InChI=1S/C18H20N2O4/c21-17(20-23)7-4-12-19-18(22)15-8-10-16(11-9-15)24-13-14-5-2-1-3-6-14/h1-3,5-6,8-11,23H,4,7,12-13H2,(H,19,22)(H,20,21). The lowest BCUT2D eigenvalue weighted by Gasteiger charge is -2.08. The van der Waals surface area contributed by atoms with E-state index >= 15 is 0 Å². The minimum Gasteiger partial charge on any atom is -0.489 e. The van der Waals surface area contributed by atoms with Crippen molar-refractivity contribution < 1.29 is 19.5 Å². The molecular weight excluding hydrogens is 308 g/mol. The number of hydrogen-bond acceptors (Lipinski definition) is 4. The first-order valence-electron chi connectivity index (χ1n) is 7.67. The lowest BCUT2D eigenvalue weighted by Crippen LogP contribution is -2.26. The molecule has 6 nitrogen and oxygen atoms in total. The maximum absolute atomic E-state index is 11.9. The second-order valence-electron chi connectivity index (χ2n) is 5.19. The normalized spacial score (nSPS) is 10.0. The fraction of sp³-hybridized carbons (Fsp3) is 0.222. The minimum absolute atomic E-state index is 0.156. The van der Waals surface area contributed by atoms with E-state index in [0.29, 0.717) is 30.9 Å². The van der Waals surface area contributed by atoms with E-state index in [-0.39, 0.29) is 12.3 Å². The van der Waals surface area contributed by atoms with Gasteiger partial charge in [-0.3, -0.25) is 14.8 Å². The summed E-state index contributed by atoms with van der Waals surface area (Å²) in [4.78, 5) is 22.8. The number of nitrogens with one attached hydrogen (secondary N) is 2. The summed E-state index contributed by atoms with van der Waals surface area (Å²) in [5, 5.41) is 11.1. The maximum Gasteiger partial charge on any atom is 0.251 e. The van der Waals surface area contributed by atoms with E-state index in [0.717, 1.165) is 5.56 Å². The van der Waals surface area contributed by atoms with Crippen LogP contribution < -0.4 is 15.5 Å². The highest BCUT2D eigenvalue weighted by Gasteiger charge is 2.06. The van der Waals surface area contributed by atoms with Gasteiger partial charge < -0.3 is 10.1 Å². The van der Waals surface area contributed by atoms with Crippen molar-refractivity contribution in [1.82, 2.24) is 10.8 Å². The van der Waals surface area contributed by atoms with Gasteiger partial charge in [0.25, 0.3) is 5.91 Å². The van der Waals surface area contributed by atoms with Crippen LogP contribution in [0.1, 0.15) is 28.8 Å². The zero-order valence-electron chi connectivity index (χ0n) is 13.2. The third-order valence-electron chi connectivity index (χ3n) is 3.36. The first-order chi connectivity index (χ1) is 11.7. The average molecular weight is 328 g/mol. The van der Waals surface area contributed by atoms with E-state index in [4.69, 9.17) is 9.94 Å². The predicted octanol–water partition coefficient (Wildman–Crippen LogP) is 2.28. The van der Waals surface area contributed by atoms with Gasteiger partial charge in [-0.05, 0) is 36.2 Å². The van der Waals surface area contributed by atoms with Gasteiger partial charge in [0.1, 0.15) is 12.4 Å². The Bertz CT molecular complexity index is 656. The Kier molecular flexibility index (Phi) is 6.79. The fourth-order valence-corrected chi connectivity index (χ4v) is 2.05. The Hall–Kier alpha value is -2.86. The van der Waals surface area contributed by atoms with Crippen LogP contribution >= 0.6 is 0 Å². The highest BCUT2D eigenvalue weighted by molar-refractivity contribution is 5.94. The topological polar surface area (TPSA) is 87.7 Å². The summed E-state index contributed by atoms with van der Waals surface area (Å²) < 4.78 is 5.66. The van der Waals surface area contributed by atoms with Gasteiger partial charge in [0.15, 0.2) is 0 Å². The molecule has 0 fully saturated rings. The molecule has 0 aliphatic carbocycles. The quantitative estimate of drug-likeness (QED) is 0.394. The van der Waals surface area contributed by atoms with Crippen molar-refractivity contribution in [2.75, 3.05) is 6.54 Å². The van der Waals surface area contributed by atoms with Crippen LogP contribution in [0.5, 0.6) is 5.75 Å². The van der Waals surface area contributed by atoms with E-state index in [1.165, 1.54) is 0 Å². The Balaban J connectivity index is 1.76. The van der Waals surface area contributed by atoms with Crippen LogP contribution in [0.3, 0.4) is 0 Å². The third kappa shape index (κ3) is 5.73. The average Bonchev–Trinajstić information content (AvgIpc) is 2.64. The van der Waals surface area contributed by atoms with E-state index < -0.39 is 5.91 Å². The molecule has 0 aliphatic heterocycles. The molecule has 2 aromatic rings. The van der Waals surface area contributed by atoms with E-state index in [1.54, 1.807) is 29.7 Å². The highest BCUT2D eigenvalue weighted by Crippen LogP contribution is 2.14. The van der Waals surface area contributed by atoms with Crippen molar-refractivity contribution in [3.63, 3.8) is 0 Å². The second-order valence-corrected chi connectivity index (χ2v) is 5.19. The number of hydrogen-bond donors (Lipinski definition) is 3. The molecule has 2 amide bonds. The number of amides is 2. The molecule has 0 spiro atoms. The summed E-state index contributed by atoms with van der Waals surface area (Å²) in [6.45, 7) is 0.831. The summed E-state index contributed by atoms with van der Waals surface area (Å²) in [5.41, 5.74) is 3.15. The first kappa shape index (κ1) is 17.5. The van der Waals surface area contributed by atoms with Crippen molar-refractivity contribution in [1.29, 1.82) is 0 Å². The lowest BCUT2D eigenvalue weighted by molar-refractivity contribution is -0.129. The van der Waals surface area contributed by atoms with Gasteiger partial charge in [-0.1, -0.05) is 30.3 Å². The predicted molar refractivity (Wildman–Crippen MR) is 88.7 cm³/mol. The van der Waals surface area contributed by atoms with E-state index in [2.05, 4.69) is 5.32 Å². The van der Waals surface area contributed by atoms with Gasteiger partial charge in [0, 0.05) is 18.5 Å². The molecule has 0 radical (unpaired) electrons. The van der Waals surface area contributed by atoms with Crippen LogP contribution in [0.15, 0.2) is 54.6 Å². The summed E-state index contributed by atoms with van der Waals surface area (Å²) >= 11 is 0. The summed E-state index contributed by atoms with van der Waals surface area (Å²) in [5.74, 6) is 0.00760. The number of carbonyl (C=O) groups excluding carboxylic acids is 2.